The number of amides is 1. The minimum atomic E-state index is -0.472. The maximum atomic E-state index is 12.6. The van der Waals surface area contributed by atoms with Gasteiger partial charge in [-0.05, 0) is 25.8 Å². The lowest BCUT2D eigenvalue weighted by Gasteiger charge is -2.15. The molecule has 0 aliphatic heterocycles. The quantitative estimate of drug-likeness (QED) is 0.517. The Morgan fingerprint density at radius 1 is 1.09 bits per heavy atom. The van der Waals surface area contributed by atoms with Crippen LogP contribution in [0.25, 0.3) is 10.9 Å². The van der Waals surface area contributed by atoms with Gasteiger partial charge in [0.05, 0.1) is 5.56 Å². The van der Waals surface area contributed by atoms with Gasteiger partial charge < -0.3 is 10.3 Å². The molecule has 1 aromatic carbocycles. The van der Waals surface area contributed by atoms with Gasteiger partial charge in [-0.15, -0.1) is 0 Å². The van der Waals surface area contributed by atoms with Gasteiger partial charge in [-0.2, -0.15) is 0 Å². The summed E-state index contributed by atoms with van der Waals surface area (Å²) in [5.74, 6) is -0.904. The van der Waals surface area contributed by atoms with Crippen LogP contribution >= 0.6 is 0 Å². The summed E-state index contributed by atoms with van der Waals surface area (Å²) in [6.45, 7) is 1.84. The number of hydrogen-bond acceptors (Lipinski definition) is 2. The highest BCUT2D eigenvalue weighted by atomic mass is 16.2. The van der Waals surface area contributed by atoms with Crippen molar-refractivity contribution in [2.75, 3.05) is 0 Å². The number of rotatable bonds is 3. The van der Waals surface area contributed by atoms with Crippen molar-refractivity contribution < 1.29 is 9.59 Å². The van der Waals surface area contributed by atoms with Gasteiger partial charge in [0.15, 0.2) is 0 Å². The maximum Gasteiger partial charge on any atom is 0.292 e. The van der Waals surface area contributed by atoms with Crippen molar-refractivity contribution in [1.82, 2.24) is 10.3 Å². The van der Waals surface area contributed by atoms with Crippen molar-refractivity contribution in [1.29, 1.82) is 0 Å². The molecule has 4 nitrogen and oxygen atoms in total. The van der Waals surface area contributed by atoms with Crippen LogP contribution in [-0.2, 0) is 4.79 Å². The Morgan fingerprint density at radius 3 is 2.50 bits per heavy atom. The highest BCUT2D eigenvalue weighted by Crippen LogP contribution is 2.23. The Kier molecular flexibility index (Phi) is 4.27. The number of Topliss-reactive ketones (excluding diaryl/α,β-unsaturated/α-hetero) is 1. The van der Waals surface area contributed by atoms with Crippen LogP contribution in [0.15, 0.2) is 24.3 Å². The van der Waals surface area contributed by atoms with Crippen molar-refractivity contribution in [3.05, 3.63) is 35.5 Å². The number of hydrogen-bond donors (Lipinski definition) is 2. The van der Waals surface area contributed by atoms with Crippen LogP contribution in [0.4, 0.5) is 0 Å². The predicted molar refractivity (Wildman–Crippen MR) is 87.0 cm³/mol. The van der Waals surface area contributed by atoms with Crippen LogP contribution in [0, 0.1) is 6.92 Å². The summed E-state index contributed by atoms with van der Waals surface area (Å²) in [5.41, 5.74) is 2.15. The van der Waals surface area contributed by atoms with Crippen LogP contribution in [0.1, 0.15) is 54.6 Å². The first-order valence-corrected chi connectivity index (χ1v) is 8.09. The van der Waals surface area contributed by atoms with E-state index in [9.17, 15) is 9.59 Å². The summed E-state index contributed by atoms with van der Waals surface area (Å²) in [6.07, 6.45) is 6.66. The molecule has 1 heterocycles. The fraction of sp³-hybridized carbons (Fsp3) is 0.444. The number of carbonyl (C=O) groups excluding carboxylic acids is 2. The van der Waals surface area contributed by atoms with Gasteiger partial charge in [0.2, 0.25) is 0 Å². The molecule has 116 valence electrons. The van der Waals surface area contributed by atoms with Gasteiger partial charge in [0, 0.05) is 22.6 Å². The highest BCUT2D eigenvalue weighted by molar-refractivity contribution is 6.45. The molecule has 2 aromatic rings. The first kappa shape index (κ1) is 14.8. The second-order valence-corrected chi connectivity index (χ2v) is 6.16. The monoisotopic (exact) mass is 298 g/mol. The number of H-pyrrole nitrogens is 1. The summed E-state index contributed by atoms with van der Waals surface area (Å²) < 4.78 is 0. The summed E-state index contributed by atoms with van der Waals surface area (Å²) in [5, 5.41) is 3.76. The number of nitrogens with one attached hydrogen (secondary N) is 2. The summed E-state index contributed by atoms with van der Waals surface area (Å²) in [4.78, 5) is 28.1. The van der Waals surface area contributed by atoms with Gasteiger partial charge in [0.25, 0.3) is 11.7 Å². The molecule has 0 spiro atoms. The van der Waals surface area contributed by atoms with Gasteiger partial charge in [0.1, 0.15) is 0 Å². The van der Waals surface area contributed by atoms with Gasteiger partial charge in [-0.25, -0.2) is 0 Å². The second-order valence-electron chi connectivity index (χ2n) is 6.16. The zero-order chi connectivity index (χ0) is 15.5. The number of fused-ring (bicyclic) bond motifs is 1. The molecule has 1 amide bonds. The Labute approximate surface area is 130 Å². The van der Waals surface area contributed by atoms with E-state index in [1.165, 1.54) is 12.8 Å². The van der Waals surface area contributed by atoms with Crippen molar-refractivity contribution in [2.24, 2.45) is 0 Å². The summed E-state index contributed by atoms with van der Waals surface area (Å²) in [7, 11) is 0. The van der Waals surface area contributed by atoms with Crippen LogP contribution in [-0.4, -0.2) is 22.7 Å². The first-order valence-electron chi connectivity index (χ1n) is 8.09. The van der Waals surface area contributed by atoms with E-state index < -0.39 is 11.7 Å². The zero-order valence-corrected chi connectivity index (χ0v) is 12.9. The normalized spacial score (nSPS) is 16.4. The molecule has 1 fully saturated rings. The van der Waals surface area contributed by atoms with Crippen LogP contribution in [0.2, 0.25) is 0 Å². The van der Waals surface area contributed by atoms with E-state index in [1.54, 1.807) is 0 Å². The third-order valence-corrected chi connectivity index (χ3v) is 4.52. The molecular weight excluding hydrogens is 276 g/mol. The molecule has 4 heteroatoms. The van der Waals surface area contributed by atoms with Crippen LogP contribution < -0.4 is 5.32 Å². The molecule has 22 heavy (non-hydrogen) atoms. The van der Waals surface area contributed by atoms with Crippen molar-refractivity contribution in [2.45, 2.75) is 51.5 Å². The zero-order valence-electron chi connectivity index (χ0n) is 12.9. The SMILES string of the molecule is Cc1[nH]c2ccccc2c1C(=O)C(=O)NC1CCCCCC1. The predicted octanol–water partition coefficient (Wildman–Crippen LogP) is 3.50. The topological polar surface area (TPSA) is 62.0 Å². The summed E-state index contributed by atoms with van der Waals surface area (Å²) in [6, 6.07) is 7.74. The number of aryl methyl sites for hydroxylation is 1. The first-order chi connectivity index (χ1) is 10.7. The van der Waals surface area contributed by atoms with Gasteiger partial charge in [-0.3, -0.25) is 9.59 Å². The minimum Gasteiger partial charge on any atom is -0.358 e. The lowest BCUT2D eigenvalue weighted by atomic mass is 10.0. The average Bonchev–Trinajstić information content (AvgIpc) is 2.67. The lowest BCUT2D eigenvalue weighted by molar-refractivity contribution is -0.117. The number of aromatic nitrogens is 1. The van der Waals surface area contributed by atoms with Gasteiger partial charge >= 0.3 is 0 Å². The van der Waals surface area contributed by atoms with E-state index in [0.717, 1.165) is 42.3 Å². The third-order valence-electron chi connectivity index (χ3n) is 4.52. The van der Waals surface area contributed by atoms with Crippen LogP contribution in [0.3, 0.4) is 0 Å². The molecule has 1 aromatic heterocycles. The molecule has 1 aliphatic rings. The van der Waals surface area contributed by atoms with Crippen molar-refractivity contribution in [3.63, 3.8) is 0 Å². The molecule has 1 saturated carbocycles. The van der Waals surface area contributed by atoms with E-state index in [1.807, 2.05) is 31.2 Å². The van der Waals surface area contributed by atoms with E-state index in [4.69, 9.17) is 0 Å². The van der Waals surface area contributed by atoms with E-state index in [2.05, 4.69) is 10.3 Å². The molecule has 0 bridgehead atoms. The Hall–Kier alpha value is -2.10. The molecule has 3 rings (SSSR count). The number of benzene rings is 1. The number of carbonyl (C=O) groups is 2. The van der Waals surface area contributed by atoms with E-state index >= 15 is 0 Å². The van der Waals surface area contributed by atoms with Gasteiger partial charge in [-0.1, -0.05) is 43.9 Å². The Balaban J connectivity index is 1.79. The number of ketones is 1. The second kappa shape index (κ2) is 6.34. The minimum absolute atomic E-state index is 0.143. The molecule has 0 atom stereocenters. The maximum absolute atomic E-state index is 12.6. The molecule has 0 saturated heterocycles. The summed E-state index contributed by atoms with van der Waals surface area (Å²) >= 11 is 0. The molecule has 1 aliphatic carbocycles. The molecular formula is C18H22N2O2. The standard InChI is InChI=1S/C18H22N2O2/c1-12-16(14-10-6-7-11-15(14)19-12)17(21)18(22)20-13-8-4-2-3-5-9-13/h6-7,10-11,13,19H,2-5,8-9H2,1H3,(H,20,22). The Bertz CT molecular complexity index is 694. The lowest BCUT2D eigenvalue weighted by Crippen LogP contribution is -2.39. The molecule has 2 N–H and O–H groups in total. The fourth-order valence-corrected chi connectivity index (χ4v) is 3.36. The molecule has 0 radical (unpaired) electrons. The Morgan fingerprint density at radius 2 is 1.77 bits per heavy atom. The largest absolute Gasteiger partial charge is 0.358 e. The van der Waals surface area contributed by atoms with Crippen molar-refractivity contribution in [3.8, 4) is 0 Å². The number of aromatic amines is 1. The molecule has 0 unspecified atom stereocenters. The fourth-order valence-electron chi connectivity index (χ4n) is 3.36. The van der Waals surface area contributed by atoms with E-state index in [-0.39, 0.29) is 6.04 Å². The smallest absolute Gasteiger partial charge is 0.292 e. The van der Waals surface area contributed by atoms with Crippen LogP contribution in [0.5, 0.6) is 0 Å². The third kappa shape index (κ3) is 2.91. The van der Waals surface area contributed by atoms with Crippen molar-refractivity contribution >= 4 is 22.6 Å². The number of para-hydroxylation sites is 1. The highest BCUT2D eigenvalue weighted by Gasteiger charge is 2.24. The average molecular weight is 298 g/mol. The van der Waals surface area contributed by atoms with E-state index in [0.29, 0.717) is 5.56 Å².